The van der Waals surface area contributed by atoms with E-state index in [4.69, 9.17) is 4.74 Å². The Bertz CT molecular complexity index is 338. The first-order valence-electron chi connectivity index (χ1n) is 8.57. The van der Waals surface area contributed by atoms with Crippen LogP contribution in [0.25, 0.3) is 0 Å². The zero-order valence-corrected chi connectivity index (χ0v) is 13.6. The Morgan fingerprint density at radius 3 is 2.55 bits per heavy atom. The van der Waals surface area contributed by atoms with Crippen molar-refractivity contribution >= 4 is 0 Å². The van der Waals surface area contributed by atoms with Crippen LogP contribution in [-0.4, -0.2) is 50.3 Å². The van der Waals surface area contributed by atoms with Gasteiger partial charge in [0.1, 0.15) is 0 Å². The minimum absolute atomic E-state index is 0.524. The number of nitrogens with one attached hydrogen (secondary N) is 1. The van der Waals surface area contributed by atoms with Crippen LogP contribution in [-0.2, 0) is 4.74 Å². The van der Waals surface area contributed by atoms with E-state index in [1.807, 2.05) is 0 Å². The molecule has 3 atom stereocenters. The lowest BCUT2D eigenvalue weighted by molar-refractivity contribution is 0.0370. The molecule has 3 heteroatoms. The van der Waals surface area contributed by atoms with Crippen molar-refractivity contribution in [2.24, 2.45) is 16.7 Å². The molecule has 0 aromatic carbocycles. The van der Waals surface area contributed by atoms with Gasteiger partial charge in [0, 0.05) is 19.1 Å². The fourth-order valence-electron chi connectivity index (χ4n) is 4.92. The molecule has 3 nitrogen and oxygen atoms in total. The third-order valence-corrected chi connectivity index (χ3v) is 6.94. The number of nitrogens with zero attached hydrogens (tertiary/aromatic N) is 1. The molecular formula is C17H32N2O. The first-order chi connectivity index (χ1) is 9.54. The van der Waals surface area contributed by atoms with Gasteiger partial charge in [-0.1, -0.05) is 20.8 Å². The zero-order chi connectivity index (χ0) is 14.2. The van der Waals surface area contributed by atoms with Crippen LogP contribution < -0.4 is 5.32 Å². The van der Waals surface area contributed by atoms with E-state index in [2.05, 4.69) is 31.0 Å². The summed E-state index contributed by atoms with van der Waals surface area (Å²) in [5, 5.41) is 3.89. The topological polar surface area (TPSA) is 24.5 Å². The molecule has 20 heavy (non-hydrogen) atoms. The summed E-state index contributed by atoms with van der Waals surface area (Å²) >= 11 is 0. The lowest BCUT2D eigenvalue weighted by Crippen LogP contribution is -2.45. The highest BCUT2D eigenvalue weighted by molar-refractivity contribution is 5.12. The Balaban J connectivity index is 1.41. The van der Waals surface area contributed by atoms with E-state index in [0.717, 1.165) is 38.3 Å². The number of morpholine rings is 1. The first kappa shape index (κ1) is 14.8. The predicted octanol–water partition coefficient (Wildman–Crippen LogP) is 2.51. The summed E-state index contributed by atoms with van der Waals surface area (Å²) in [7, 11) is 0. The largest absolute Gasteiger partial charge is 0.379 e. The third kappa shape index (κ3) is 2.42. The summed E-state index contributed by atoms with van der Waals surface area (Å²) in [5.41, 5.74) is 1.06. The maximum Gasteiger partial charge on any atom is 0.0594 e. The Hall–Kier alpha value is -0.120. The second-order valence-corrected chi connectivity index (χ2v) is 7.92. The summed E-state index contributed by atoms with van der Waals surface area (Å²) < 4.78 is 5.40. The van der Waals surface area contributed by atoms with Crippen LogP contribution in [0.3, 0.4) is 0 Å². The standard InChI is InChI=1S/C17H32N2O/c1-16(2)14-5-6-17(16,3)15(13-14)18-7-4-8-19-9-11-20-12-10-19/h14-15,18H,4-13H2,1-3H3. The van der Waals surface area contributed by atoms with E-state index in [0.29, 0.717) is 10.8 Å². The normalized spacial score (nSPS) is 40.4. The highest BCUT2D eigenvalue weighted by Crippen LogP contribution is 2.65. The fraction of sp³-hybridized carbons (Fsp3) is 1.00. The van der Waals surface area contributed by atoms with E-state index in [9.17, 15) is 0 Å². The van der Waals surface area contributed by atoms with Crippen LogP contribution in [0.5, 0.6) is 0 Å². The van der Waals surface area contributed by atoms with Gasteiger partial charge in [0.2, 0.25) is 0 Å². The van der Waals surface area contributed by atoms with E-state index in [-0.39, 0.29) is 0 Å². The van der Waals surface area contributed by atoms with Crippen LogP contribution in [0.4, 0.5) is 0 Å². The summed E-state index contributed by atoms with van der Waals surface area (Å²) in [6.07, 6.45) is 5.56. The molecule has 3 unspecified atom stereocenters. The Morgan fingerprint density at radius 1 is 1.20 bits per heavy atom. The lowest BCUT2D eigenvalue weighted by atomic mass is 9.69. The third-order valence-electron chi connectivity index (χ3n) is 6.94. The average Bonchev–Trinajstić information content (AvgIpc) is 2.78. The molecule has 2 saturated carbocycles. The van der Waals surface area contributed by atoms with Gasteiger partial charge in [0.15, 0.2) is 0 Å². The van der Waals surface area contributed by atoms with Crippen molar-refractivity contribution in [3.63, 3.8) is 0 Å². The van der Waals surface area contributed by atoms with Crippen molar-refractivity contribution in [1.29, 1.82) is 0 Å². The molecule has 3 rings (SSSR count). The van der Waals surface area contributed by atoms with Gasteiger partial charge in [-0.05, 0) is 55.5 Å². The fourth-order valence-corrected chi connectivity index (χ4v) is 4.92. The molecule has 0 aromatic heterocycles. The SMILES string of the molecule is CC1(C)C2CCC1(C)C(NCCCN1CCOCC1)C2. The van der Waals surface area contributed by atoms with Gasteiger partial charge in [-0.25, -0.2) is 0 Å². The summed E-state index contributed by atoms with van der Waals surface area (Å²) in [6.45, 7) is 14.0. The van der Waals surface area contributed by atoms with Crippen molar-refractivity contribution < 1.29 is 4.74 Å². The molecule has 3 fully saturated rings. The van der Waals surface area contributed by atoms with Gasteiger partial charge in [-0.15, -0.1) is 0 Å². The van der Waals surface area contributed by atoms with Crippen molar-refractivity contribution in [2.75, 3.05) is 39.4 Å². The van der Waals surface area contributed by atoms with Gasteiger partial charge < -0.3 is 10.1 Å². The van der Waals surface area contributed by atoms with E-state index < -0.39 is 0 Å². The minimum atomic E-state index is 0.524. The smallest absolute Gasteiger partial charge is 0.0594 e. The number of ether oxygens (including phenoxy) is 1. The van der Waals surface area contributed by atoms with Gasteiger partial charge in [-0.2, -0.15) is 0 Å². The van der Waals surface area contributed by atoms with Gasteiger partial charge in [0.05, 0.1) is 13.2 Å². The maximum absolute atomic E-state index is 5.40. The number of fused-ring (bicyclic) bond motifs is 2. The Kier molecular flexibility index (Phi) is 4.13. The second-order valence-electron chi connectivity index (χ2n) is 7.92. The van der Waals surface area contributed by atoms with Crippen LogP contribution in [0.2, 0.25) is 0 Å². The zero-order valence-electron chi connectivity index (χ0n) is 13.6. The molecule has 2 aliphatic carbocycles. The lowest BCUT2D eigenvalue weighted by Gasteiger charge is -2.39. The Labute approximate surface area is 124 Å². The molecule has 1 heterocycles. The average molecular weight is 280 g/mol. The van der Waals surface area contributed by atoms with Crippen molar-refractivity contribution in [3.05, 3.63) is 0 Å². The van der Waals surface area contributed by atoms with Crippen molar-refractivity contribution in [1.82, 2.24) is 10.2 Å². The van der Waals surface area contributed by atoms with E-state index in [1.54, 1.807) is 0 Å². The predicted molar refractivity (Wildman–Crippen MR) is 82.9 cm³/mol. The van der Waals surface area contributed by atoms with Crippen LogP contribution >= 0.6 is 0 Å². The number of hydrogen-bond donors (Lipinski definition) is 1. The number of rotatable bonds is 5. The van der Waals surface area contributed by atoms with Gasteiger partial charge in [-0.3, -0.25) is 4.90 Å². The number of hydrogen-bond acceptors (Lipinski definition) is 3. The first-order valence-corrected chi connectivity index (χ1v) is 8.57. The highest BCUT2D eigenvalue weighted by Gasteiger charge is 2.60. The van der Waals surface area contributed by atoms with E-state index in [1.165, 1.54) is 38.8 Å². The quantitative estimate of drug-likeness (QED) is 0.783. The summed E-state index contributed by atoms with van der Waals surface area (Å²) in [6, 6.07) is 0.751. The summed E-state index contributed by atoms with van der Waals surface area (Å²) in [5.74, 6) is 0.948. The highest BCUT2D eigenvalue weighted by atomic mass is 16.5. The molecule has 0 amide bonds. The van der Waals surface area contributed by atoms with Gasteiger partial charge in [0.25, 0.3) is 0 Å². The molecule has 1 saturated heterocycles. The van der Waals surface area contributed by atoms with Crippen LogP contribution in [0, 0.1) is 16.7 Å². The molecule has 2 bridgehead atoms. The molecule has 3 aliphatic rings. The minimum Gasteiger partial charge on any atom is -0.379 e. The van der Waals surface area contributed by atoms with Crippen LogP contribution in [0.1, 0.15) is 46.5 Å². The molecule has 0 spiro atoms. The molecule has 1 N–H and O–H groups in total. The van der Waals surface area contributed by atoms with Crippen molar-refractivity contribution in [2.45, 2.75) is 52.5 Å². The maximum atomic E-state index is 5.40. The molecule has 1 aliphatic heterocycles. The summed E-state index contributed by atoms with van der Waals surface area (Å²) in [4.78, 5) is 2.54. The monoisotopic (exact) mass is 280 g/mol. The second kappa shape index (κ2) is 5.58. The van der Waals surface area contributed by atoms with E-state index >= 15 is 0 Å². The molecular weight excluding hydrogens is 248 g/mol. The molecule has 116 valence electrons. The molecule has 0 aromatic rings. The van der Waals surface area contributed by atoms with Gasteiger partial charge >= 0.3 is 0 Å². The molecule has 0 radical (unpaired) electrons. The van der Waals surface area contributed by atoms with Crippen LogP contribution in [0.15, 0.2) is 0 Å². The Morgan fingerprint density at radius 2 is 1.95 bits per heavy atom. The van der Waals surface area contributed by atoms with Crippen molar-refractivity contribution in [3.8, 4) is 0 Å².